The summed E-state index contributed by atoms with van der Waals surface area (Å²) in [7, 11) is 2.75. The number of carbonyl (C=O) groups is 1. The van der Waals surface area contributed by atoms with Gasteiger partial charge in [0.15, 0.2) is 0 Å². The summed E-state index contributed by atoms with van der Waals surface area (Å²) in [6.07, 6.45) is 0. The summed E-state index contributed by atoms with van der Waals surface area (Å²) < 4.78 is 0. The molecule has 0 unspecified atom stereocenters. The van der Waals surface area contributed by atoms with Crippen LogP contribution in [0.5, 0.6) is 0 Å². The first-order valence-electron chi connectivity index (χ1n) is 2.31. The molecule has 1 N–H and O–H groups in total. The fourth-order valence-corrected chi connectivity index (χ4v) is 0.776. The summed E-state index contributed by atoms with van der Waals surface area (Å²) in [6.45, 7) is 4.00. The zero-order valence-electron chi connectivity index (χ0n) is 5.19. The number of hydrogen-bond acceptors (Lipinski definition) is 2. The van der Waals surface area contributed by atoms with Crippen molar-refractivity contribution in [3.63, 3.8) is 0 Å². The Bertz CT molecular complexity index is 54.0. The Balaban J connectivity index is 0. The van der Waals surface area contributed by atoms with Crippen LogP contribution in [0, 0.1) is 0 Å². The molecule has 0 heterocycles. The largest absolute Gasteiger partial charge is 0.349 e. The Hall–Kier alpha value is 0.550. The molecule has 0 fully saturated rings. The second kappa shape index (κ2) is 10.5. The summed E-state index contributed by atoms with van der Waals surface area (Å²) >= 11 is 1.92. The lowest BCUT2D eigenvalue weighted by Gasteiger charge is -1.84. The van der Waals surface area contributed by atoms with Gasteiger partial charge >= 0.3 is 0 Å². The van der Waals surface area contributed by atoms with Gasteiger partial charge in [0.25, 0.3) is 5.24 Å². The third-order valence-corrected chi connectivity index (χ3v) is 1.82. The van der Waals surface area contributed by atoms with Crippen LogP contribution in [0.2, 0.25) is 0 Å². The van der Waals surface area contributed by atoms with E-state index < -0.39 is 0 Å². The molecule has 0 aliphatic heterocycles. The molecule has 0 aliphatic carbocycles. The minimum atomic E-state index is -0.00407. The van der Waals surface area contributed by atoms with Gasteiger partial charge in [-0.3, -0.25) is 4.79 Å². The van der Waals surface area contributed by atoms with Gasteiger partial charge in [-0.05, 0) is 0 Å². The average Bonchev–Trinajstić information content (AvgIpc) is 1.91. The van der Waals surface area contributed by atoms with Crippen LogP contribution in [0.1, 0.15) is 13.8 Å². The van der Waals surface area contributed by atoms with Gasteiger partial charge in [0, 0.05) is 37.2 Å². The summed E-state index contributed by atoms with van der Waals surface area (Å²) in [6, 6.07) is 0. The molecule has 0 rings (SSSR count). The lowest BCUT2D eigenvalue weighted by atomic mass is 11.0. The smallest absolute Gasteiger partial charge is 0.289 e. The molecule has 2 nitrogen and oxygen atoms in total. The monoisotopic (exact) mass is 247 g/mol. The third-order valence-electron chi connectivity index (χ3n) is 0.274. The maximum absolute atomic E-state index is 10.0. The number of carbonyl (C=O) groups excluding carboxylic acids is 1. The van der Waals surface area contributed by atoms with E-state index in [-0.39, 0.29) is 5.24 Å². The van der Waals surface area contributed by atoms with Crippen molar-refractivity contribution in [2.24, 2.45) is 0 Å². The van der Waals surface area contributed by atoms with E-state index in [0.717, 1.165) is 8.93 Å². The van der Waals surface area contributed by atoms with Crippen LogP contribution in [0.25, 0.3) is 0 Å². The molecule has 0 bridgehead atoms. The molecule has 0 saturated carbocycles. The Labute approximate surface area is 66.4 Å². The molecule has 50 valence electrons. The molecule has 1 amide bonds. The minimum Gasteiger partial charge on any atom is -0.349 e. The fourth-order valence-electron chi connectivity index (χ4n) is 0.0386. The molecule has 0 aliphatic rings. The second-order valence-electron chi connectivity index (χ2n) is 0.615. The maximum Gasteiger partial charge on any atom is 0.289 e. The van der Waals surface area contributed by atoms with Crippen molar-refractivity contribution < 1.29 is 4.79 Å². The Morgan fingerprint density at radius 2 is 2.00 bits per heavy atom. The molecular formula is C4H10INOS. The minimum absolute atomic E-state index is 0.00407. The third kappa shape index (κ3) is 9.75. The topological polar surface area (TPSA) is 29.1 Å². The van der Waals surface area contributed by atoms with E-state index in [0.29, 0.717) is 0 Å². The lowest BCUT2D eigenvalue weighted by Crippen LogP contribution is -2.08. The van der Waals surface area contributed by atoms with Gasteiger partial charge < -0.3 is 5.32 Å². The first kappa shape index (κ1) is 11.4. The van der Waals surface area contributed by atoms with Crippen LogP contribution in [0.15, 0.2) is 0 Å². The van der Waals surface area contributed by atoms with Crippen LogP contribution in [0.3, 0.4) is 0 Å². The standard InChI is InChI=1S/C2H4INOS.C2H6/c1-4-2(5)6-3;1-2/h1H3,(H,4,5);1-2H3. The SMILES string of the molecule is CC.CNC(=O)SI. The highest BCUT2D eigenvalue weighted by Gasteiger charge is 1.87. The quantitative estimate of drug-likeness (QED) is 0.666. The predicted octanol–water partition coefficient (Wildman–Crippen LogP) is 2.44. The molecule has 0 aromatic carbocycles. The van der Waals surface area contributed by atoms with Crippen LogP contribution in [-0.2, 0) is 0 Å². The van der Waals surface area contributed by atoms with Crippen molar-refractivity contribution >= 4 is 35.4 Å². The molecule has 0 spiro atoms. The van der Waals surface area contributed by atoms with Crippen molar-refractivity contribution in [3.05, 3.63) is 0 Å². The van der Waals surface area contributed by atoms with Crippen LogP contribution < -0.4 is 5.32 Å². The van der Waals surface area contributed by atoms with Gasteiger partial charge in [-0.15, -0.1) is 0 Å². The summed E-state index contributed by atoms with van der Waals surface area (Å²) in [4.78, 5) is 10.0. The number of amides is 1. The highest BCUT2D eigenvalue weighted by Crippen LogP contribution is 2.09. The number of hydrogen-bond donors (Lipinski definition) is 1. The van der Waals surface area contributed by atoms with Gasteiger partial charge in [-0.1, -0.05) is 13.8 Å². The van der Waals surface area contributed by atoms with E-state index in [4.69, 9.17) is 0 Å². The zero-order chi connectivity index (χ0) is 6.99. The molecule has 0 atom stereocenters. The van der Waals surface area contributed by atoms with Gasteiger partial charge in [0.05, 0.1) is 0 Å². The number of halogens is 1. The van der Waals surface area contributed by atoms with E-state index in [1.807, 2.05) is 35.1 Å². The zero-order valence-corrected chi connectivity index (χ0v) is 8.17. The van der Waals surface area contributed by atoms with Crippen molar-refractivity contribution in [1.82, 2.24) is 5.32 Å². The van der Waals surface area contributed by atoms with E-state index in [2.05, 4.69) is 5.32 Å². The number of nitrogens with one attached hydrogen (secondary N) is 1. The summed E-state index contributed by atoms with van der Waals surface area (Å²) in [5.41, 5.74) is 0. The van der Waals surface area contributed by atoms with Crippen molar-refractivity contribution in [3.8, 4) is 0 Å². The molecule has 0 aromatic heterocycles. The highest BCUT2D eigenvalue weighted by atomic mass is 127. The molecule has 0 aromatic rings. The van der Waals surface area contributed by atoms with Gasteiger partial charge in [0.1, 0.15) is 0 Å². The fraction of sp³-hybridized carbons (Fsp3) is 0.750. The van der Waals surface area contributed by atoms with E-state index in [1.54, 1.807) is 7.05 Å². The first-order valence-corrected chi connectivity index (χ1v) is 5.67. The molecule has 4 heteroatoms. The van der Waals surface area contributed by atoms with Crippen LogP contribution >= 0.6 is 30.1 Å². The Morgan fingerprint density at radius 1 is 1.62 bits per heavy atom. The normalized spacial score (nSPS) is 6.50. The highest BCUT2D eigenvalue weighted by molar-refractivity contribution is 14.2. The Morgan fingerprint density at radius 3 is 2.00 bits per heavy atom. The lowest BCUT2D eigenvalue weighted by molar-refractivity contribution is 0.262. The Kier molecular flexibility index (Phi) is 14.9. The van der Waals surface area contributed by atoms with E-state index in [9.17, 15) is 4.79 Å². The van der Waals surface area contributed by atoms with E-state index >= 15 is 0 Å². The summed E-state index contributed by atoms with van der Waals surface area (Å²) in [5.74, 6) is 0. The van der Waals surface area contributed by atoms with Gasteiger partial charge in [-0.25, -0.2) is 0 Å². The van der Waals surface area contributed by atoms with Crippen molar-refractivity contribution in [2.45, 2.75) is 13.8 Å². The number of rotatable bonds is 0. The van der Waals surface area contributed by atoms with E-state index in [1.165, 1.54) is 0 Å². The predicted molar refractivity (Wildman–Crippen MR) is 47.4 cm³/mol. The maximum atomic E-state index is 10.0. The second-order valence-corrected chi connectivity index (χ2v) is 2.46. The first-order chi connectivity index (χ1) is 3.81. The average molecular weight is 247 g/mol. The van der Waals surface area contributed by atoms with Crippen molar-refractivity contribution in [1.29, 1.82) is 0 Å². The summed E-state index contributed by atoms with van der Waals surface area (Å²) in [5, 5.41) is 2.43. The van der Waals surface area contributed by atoms with Crippen molar-refractivity contribution in [2.75, 3.05) is 7.05 Å². The van der Waals surface area contributed by atoms with Gasteiger partial charge in [-0.2, -0.15) is 0 Å². The molecule has 8 heavy (non-hydrogen) atoms. The molecule has 0 saturated heterocycles. The molecule has 0 radical (unpaired) electrons. The van der Waals surface area contributed by atoms with Crippen LogP contribution in [-0.4, -0.2) is 12.3 Å². The van der Waals surface area contributed by atoms with Gasteiger partial charge in [0.2, 0.25) is 0 Å². The van der Waals surface area contributed by atoms with Crippen LogP contribution in [0.4, 0.5) is 4.79 Å². The molecular weight excluding hydrogens is 237 g/mol.